The highest BCUT2D eigenvalue weighted by atomic mass is 28.2. The molecule has 1 amide bonds. The Balaban J connectivity index is 3.54. The zero-order valence-corrected chi connectivity index (χ0v) is 9.83. The van der Waals surface area contributed by atoms with Gasteiger partial charge >= 0.3 is 6.09 Å². The van der Waals surface area contributed by atoms with Gasteiger partial charge in [-0.15, -0.1) is 0 Å². The summed E-state index contributed by atoms with van der Waals surface area (Å²) >= 11 is 0. The molecule has 0 unspecified atom stereocenters. The van der Waals surface area contributed by atoms with E-state index in [9.17, 15) is 4.79 Å². The molecule has 0 bridgehead atoms. The number of nitrogens with one attached hydrogen (secondary N) is 1. The lowest BCUT2D eigenvalue weighted by atomic mass is 10.8. The molecular formula is C8H17NO4Si. The van der Waals surface area contributed by atoms with Crippen LogP contribution in [0, 0.1) is 0 Å². The molecule has 0 heterocycles. The van der Waals surface area contributed by atoms with Gasteiger partial charge in [-0.3, -0.25) is 0 Å². The Hall–Kier alpha value is -0.593. The van der Waals surface area contributed by atoms with Gasteiger partial charge in [0.2, 0.25) is 0 Å². The molecule has 0 saturated carbocycles. The summed E-state index contributed by atoms with van der Waals surface area (Å²) < 4.78 is 15.0. The summed E-state index contributed by atoms with van der Waals surface area (Å²) in [6, 6.07) is 0. The number of rotatable bonds is 7. The Morgan fingerprint density at radius 1 is 1.36 bits per heavy atom. The van der Waals surface area contributed by atoms with Gasteiger partial charge in [0.15, 0.2) is 0 Å². The van der Waals surface area contributed by atoms with Gasteiger partial charge in [0.25, 0.3) is 0 Å². The normalized spacial score (nSPS) is 10.3. The van der Waals surface area contributed by atoms with Crippen LogP contribution in [0.3, 0.4) is 0 Å². The van der Waals surface area contributed by atoms with E-state index in [1.807, 2.05) is 13.8 Å². The maximum absolute atomic E-state index is 10.7. The van der Waals surface area contributed by atoms with Crippen LogP contribution in [-0.4, -0.2) is 48.0 Å². The van der Waals surface area contributed by atoms with Crippen molar-refractivity contribution in [2.24, 2.45) is 0 Å². The lowest BCUT2D eigenvalue weighted by molar-refractivity contribution is -0.0827. The van der Waals surface area contributed by atoms with E-state index in [1.54, 1.807) is 0 Å². The van der Waals surface area contributed by atoms with Crippen molar-refractivity contribution in [2.45, 2.75) is 19.8 Å². The molecule has 1 N–H and O–H groups in total. The summed E-state index contributed by atoms with van der Waals surface area (Å²) in [5, 5.41) is 2.57. The highest BCUT2D eigenvalue weighted by Crippen LogP contribution is 1.92. The van der Waals surface area contributed by atoms with Crippen LogP contribution in [0.2, 0.25) is 0 Å². The van der Waals surface area contributed by atoms with Crippen molar-refractivity contribution in [1.29, 1.82) is 0 Å². The smallest absolute Gasteiger partial charge is 0.406 e. The first-order chi connectivity index (χ1) is 6.74. The van der Waals surface area contributed by atoms with Crippen molar-refractivity contribution in [3.05, 3.63) is 0 Å². The Morgan fingerprint density at radius 2 is 1.93 bits per heavy atom. The molecule has 0 spiro atoms. The van der Waals surface area contributed by atoms with Crippen molar-refractivity contribution >= 4 is 15.6 Å². The fraction of sp³-hybridized carbons (Fsp3) is 0.875. The molecule has 0 aliphatic rings. The third-order valence-electron chi connectivity index (χ3n) is 1.32. The van der Waals surface area contributed by atoms with Crippen LogP contribution in [0.1, 0.15) is 13.8 Å². The van der Waals surface area contributed by atoms with E-state index in [4.69, 9.17) is 9.47 Å². The zero-order chi connectivity index (χ0) is 10.8. The number of amides is 1. The van der Waals surface area contributed by atoms with E-state index in [1.165, 1.54) is 7.11 Å². The van der Waals surface area contributed by atoms with Gasteiger partial charge in [-0.2, -0.15) is 0 Å². The summed E-state index contributed by atoms with van der Waals surface area (Å²) in [5.74, 6) is -0.220. The van der Waals surface area contributed by atoms with E-state index in [0.717, 1.165) is 0 Å². The minimum absolute atomic E-state index is 0.220. The van der Waals surface area contributed by atoms with Crippen molar-refractivity contribution in [1.82, 2.24) is 5.32 Å². The van der Waals surface area contributed by atoms with E-state index in [-0.39, 0.29) is 5.91 Å². The zero-order valence-electron chi connectivity index (χ0n) is 8.83. The highest BCUT2D eigenvalue weighted by Gasteiger charge is 2.09. The van der Waals surface area contributed by atoms with Crippen molar-refractivity contribution in [3.63, 3.8) is 0 Å². The molecule has 0 aliphatic carbocycles. The number of hydrogen-bond donors (Lipinski definition) is 1. The van der Waals surface area contributed by atoms with Gasteiger partial charge in [0, 0.05) is 19.4 Å². The van der Waals surface area contributed by atoms with E-state index < -0.39 is 6.09 Å². The standard InChI is InChI=1S/C8H17NO4Si/c1-4-12-8(13-5-2)14-6-9-7(10)11-3/h8H,4-6H2,1-3H3,(H,9,10). The number of methoxy groups -OCH3 is 1. The maximum Gasteiger partial charge on any atom is 0.406 e. The monoisotopic (exact) mass is 219 g/mol. The maximum atomic E-state index is 10.7. The van der Waals surface area contributed by atoms with Crippen LogP contribution >= 0.6 is 0 Å². The Morgan fingerprint density at radius 3 is 2.36 bits per heavy atom. The third-order valence-corrected chi connectivity index (χ3v) is 2.37. The number of carbonyl (C=O) groups is 1. The average molecular weight is 219 g/mol. The average Bonchev–Trinajstić information content (AvgIpc) is 2.18. The molecular weight excluding hydrogens is 202 g/mol. The predicted molar refractivity (Wildman–Crippen MR) is 53.2 cm³/mol. The molecule has 0 aliphatic heterocycles. The Kier molecular flexibility index (Phi) is 8.60. The van der Waals surface area contributed by atoms with Gasteiger partial charge in [-0.05, 0) is 13.8 Å². The molecule has 6 heteroatoms. The minimum atomic E-state index is -0.427. The first kappa shape index (κ1) is 13.4. The fourth-order valence-electron chi connectivity index (χ4n) is 0.747. The fourth-order valence-corrected chi connectivity index (χ4v) is 1.73. The molecule has 82 valence electrons. The van der Waals surface area contributed by atoms with Crippen LogP contribution in [0.15, 0.2) is 0 Å². The quantitative estimate of drug-likeness (QED) is 0.496. The van der Waals surface area contributed by atoms with Crippen molar-refractivity contribution in [2.75, 3.05) is 26.5 Å². The number of ether oxygens (including phenoxy) is 3. The molecule has 2 radical (unpaired) electrons. The number of alkyl carbamates (subject to hydrolysis) is 1. The predicted octanol–water partition coefficient (Wildman–Crippen LogP) is 0.361. The van der Waals surface area contributed by atoms with E-state index in [0.29, 0.717) is 28.9 Å². The van der Waals surface area contributed by atoms with Gasteiger partial charge in [0.05, 0.1) is 7.11 Å². The lowest BCUT2D eigenvalue weighted by Gasteiger charge is -2.15. The van der Waals surface area contributed by atoms with Crippen LogP contribution < -0.4 is 5.32 Å². The summed E-state index contributed by atoms with van der Waals surface area (Å²) in [5.41, 5.74) is 0. The first-order valence-corrected chi connectivity index (χ1v) is 5.81. The van der Waals surface area contributed by atoms with Crippen LogP contribution in [-0.2, 0) is 14.2 Å². The Labute approximate surface area is 86.9 Å². The van der Waals surface area contributed by atoms with Crippen LogP contribution in [0.5, 0.6) is 0 Å². The van der Waals surface area contributed by atoms with Gasteiger partial charge < -0.3 is 19.5 Å². The summed E-state index contributed by atoms with van der Waals surface area (Å²) in [4.78, 5) is 10.7. The lowest BCUT2D eigenvalue weighted by Crippen LogP contribution is -2.35. The van der Waals surface area contributed by atoms with Gasteiger partial charge in [-0.1, -0.05) is 0 Å². The molecule has 0 aromatic carbocycles. The summed E-state index contributed by atoms with van der Waals surface area (Å²) in [7, 11) is 1.71. The molecule has 0 rings (SSSR count). The van der Waals surface area contributed by atoms with Gasteiger partial charge in [-0.25, -0.2) is 4.79 Å². The van der Waals surface area contributed by atoms with E-state index >= 15 is 0 Å². The number of hydrogen-bond acceptors (Lipinski definition) is 4. The molecule has 0 atom stereocenters. The molecule has 0 fully saturated rings. The van der Waals surface area contributed by atoms with Gasteiger partial charge in [0.1, 0.15) is 15.4 Å². The second-order valence-corrected chi connectivity index (χ2v) is 3.53. The molecule has 14 heavy (non-hydrogen) atoms. The Bertz CT molecular complexity index is 150. The number of carbonyl (C=O) groups excluding carboxylic acids is 1. The SMILES string of the molecule is CCOC(OCC)[Si]CNC(=O)OC. The molecule has 5 nitrogen and oxygen atoms in total. The van der Waals surface area contributed by atoms with Crippen molar-refractivity contribution in [3.8, 4) is 0 Å². The van der Waals surface area contributed by atoms with Crippen molar-refractivity contribution < 1.29 is 19.0 Å². The van der Waals surface area contributed by atoms with Crippen LogP contribution in [0.4, 0.5) is 4.79 Å². The first-order valence-electron chi connectivity index (χ1n) is 4.53. The summed E-state index contributed by atoms with van der Waals surface area (Å²) in [6.07, 6.45) is 0.0846. The summed E-state index contributed by atoms with van der Waals surface area (Å²) in [6.45, 7) is 5.03. The largest absolute Gasteiger partial charge is 0.453 e. The second kappa shape index (κ2) is 8.98. The highest BCUT2D eigenvalue weighted by molar-refractivity contribution is 6.37. The molecule has 0 aromatic rings. The topological polar surface area (TPSA) is 56.8 Å². The third kappa shape index (κ3) is 6.87. The molecule has 0 saturated heterocycles. The van der Waals surface area contributed by atoms with E-state index in [2.05, 4.69) is 10.1 Å². The minimum Gasteiger partial charge on any atom is -0.453 e. The molecule has 0 aromatic heterocycles. The van der Waals surface area contributed by atoms with Crippen LogP contribution in [0.25, 0.3) is 0 Å². The second-order valence-electron chi connectivity index (χ2n) is 2.29.